The number of nitrogens with zero attached hydrogens (tertiary/aromatic N) is 4. The Morgan fingerprint density at radius 1 is 0.794 bits per heavy atom. The first-order valence-electron chi connectivity index (χ1n) is 9.96. The van der Waals surface area contributed by atoms with Gasteiger partial charge in [0, 0.05) is 28.4 Å². The molecule has 186 valence electrons. The van der Waals surface area contributed by atoms with Gasteiger partial charge in [-0.25, -0.2) is 9.97 Å². The number of aryl methyl sites for hydroxylation is 4. The van der Waals surface area contributed by atoms with Crippen LogP contribution in [0.3, 0.4) is 0 Å². The Morgan fingerprint density at radius 3 is 1.68 bits per heavy atom. The van der Waals surface area contributed by atoms with Crippen molar-refractivity contribution in [1.82, 2.24) is 20.3 Å². The summed E-state index contributed by atoms with van der Waals surface area (Å²) in [4.78, 5) is 8.32. The van der Waals surface area contributed by atoms with E-state index in [2.05, 4.69) is 39.8 Å². The number of aromatic nitrogens is 4. The van der Waals surface area contributed by atoms with Crippen molar-refractivity contribution in [3.8, 4) is 0 Å². The highest BCUT2D eigenvalue weighted by Gasteiger charge is 2.15. The molecule has 4 aromatic heterocycles. The highest BCUT2D eigenvalue weighted by molar-refractivity contribution is 6.33. The minimum atomic E-state index is -0.514. The minimum Gasteiger partial charge on any atom is -0.380 e. The number of nitrogen functional groups attached to an aromatic ring is 1. The molecule has 0 amide bonds. The van der Waals surface area contributed by atoms with Crippen LogP contribution in [0.1, 0.15) is 22.5 Å². The van der Waals surface area contributed by atoms with Gasteiger partial charge in [0.25, 0.3) is 17.9 Å². The fourth-order valence-electron chi connectivity index (χ4n) is 3.04. The Bertz CT molecular complexity index is 1250. The van der Waals surface area contributed by atoms with Gasteiger partial charge in [0.15, 0.2) is 11.6 Å². The molecule has 4 heterocycles. The SMILES string of the molecule is CNc1noc2nc(C)c(Cl)c(C)c12.COC(OC)OC.Cc1nc2onc(N)c2c(C)c1Cl. The van der Waals surface area contributed by atoms with Gasteiger partial charge >= 0.3 is 0 Å². The maximum absolute atomic E-state index is 6.08. The number of methoxy groups -OCH3 is 3. The van der Waals surface area contributed by atoms with Crippen LogP contribution in [0.4, 0.5) is 11.6 Å². The van der Waals surface area contributed by atoms with Gasteiger partial charge in [-0.2, -0.15) is 0 Å². The lowest BCUT2D eigenvalue weighted by atomic mass is 10.2. The molecule has 4 rings (SSSR count). The first-order valence-corrected chi connectivity index (χ1v) is 10.7. The number of hydrogen-bond donors (Lipinski definition) is 2. The van der Waals surface area contributed by atoms with Crippen LogP contribution >= 0.6 is 23.2 Å². The fraction of sp³-hybridized carbons (Fsp3) is 0.429. The van der Waals surface area contributed by atoms with Gasteiger partial charge in [-0.05, 0) is 38.8 Å². The smallest absolute Gasteiger partial charge is 0.270 e. The number of nitrogens with one attached hydrogen (secondary N) is 1. The van der Waals surface area contributed by atoms with Crippen LogP contribution in [0.2, 0.25) is 10.0 Å². The van der Waals surface area contributed by atoms with Crippen molar-refractivity contribution in [1.29, 1.82) is 0 Å². The van der Waals surface area contributed by atoms with Gasteiger partial charge in [0.05, 0.1) is 32.2 Å². The quantitative estimate of drug-likeness (QED) is 0.361. The zero-order valence-corrected chi connectivity index (χ0v) is 21.8. The van der Waals surface area contributed by atoms with Gasteiger partial charge < -0.3 is 34.3 Å². The Morgan fingerprint density at radius 2 is 1.24 bits per heavy atom. The van der Waals surface area contributed by atoms with Crippen LogP contribution in [0.5, 0.6) is 0 Å². The second-order valence-corrected chi connectivity index (χ2v) is 7.73. The summed E-state index contributed by atoms with van der Waals surface area (Å²) in [6, 6.07) is 0. The van der Waals surface area contributed by atoms with E-state index in [0.29, 0.717) is 38.5 Å². The number of ether oxygens (including phenoxy) is 3. The normalized spacial score (nSPS) is 10.8. The van der Waals surface area contributed by atoms with Crippen molar-refractivity contribution < 1.29 is 23.3 Å². The molecule has 0 spiro atoms. The van der Waals surface area contributed by atoms with E-state index in [1.807, 2.05) is 27.7 Å². The van der Waals surface area contributed by atoms with E-state index in [1.54, 1.807) is 7.05 Å². The second-order valence-electron chi connectivity index (χ2n) is 6.98. The lowest BCUT2D eigenvalue weighted by Gasteiger charge is -2.08. The van der Waals surface area contributed by atoms with Gasteiger partial charge in [-0.1, -0.05) is 33.5 Å². The summed E-state index contributed by atoms with van der Waals surface area (Å²) in [6.07, 6.45) is 0. The Balaban J connectivity index is 0.000000191. The van der Waals surface area contributed by atoms with Gasteiger partial charge in [0.2, 0.25) is 0 Å². The molecule has 0 saturated heterocycles. The standard InChI is InChI=1S/C9H10ClN3O.C8H8ClN3O.C4H10O3/c1-4-6-8(11-3)13-14-9(6)12-5(2)7(4)10;1-3-5-7(10)12-13-8(5)11-4(2)6(3)9;1-5-4(6-2)7-3/h1-3H3,(H,11,13);1-2H3,(H2,10,12);4H,1-3H3. The van der Waals surface area contributed by atoms with Gasteiger partial charge in [-0.15, -0.1) is 0 Å². The number of rotatable bonds is 4. The lowest BCUT2D eigenvalue weighted by molar-refractivity contribution is -0.252. The van der Waals surface area contributed by atoms with Gasteiger partial charge in [-0.3, -0.25) is 0 Å². The summed E-state index contributed by atoms with van der Waals surface area (Å²) in [7, 11) is 6.32. The molecule has 4 aromatic rings. The maximum atomic E-state index is 6.08. The predicted molar refractivity (Wildman–Crippen MR) is 131 cm³/mol. The third-order valence-corrected chi connectivity index (χ3v) is 5.88. The molecule has 0 atom stereocenters. The lowest BCUT2D eigenvalue weighted by Crippen LogP contribution is -2.14. The van der Waals surface area contributed by atoms with Gasteiger partial charge in [0.1, 0.15) is 0 Å². The molecule has 0 aliphatic rings. The molecule has 0 fully saturated rings. The van der Waals surface area contributed by atoms with E-state index < -0.39 is 6.48 Å². The van der Waals surface area contributed by atoms with E-state index in [4.69, 9.17) is 38.0 Å². The minimum absolute atomic E-state index is 0.335. The molecule has 0 bridgehead atoms. The van der Waals surface area contributed by atoms with E-state index in [1.165, 1.54) is 21.3 Å². The number of anilines is 2. The average Bonchev–Trinajstić information content (AvgIpc) is 3.41. The first-order chi connectivity index (χ1) is 16.1. The molecule has 34 heavy (non-hydrogen) atoms. The number of halogens is 2. The second kappa shape index (κ2) is 12.1. The molecule has 0 unspecified atom stereocenters. The summed E-state index contributed by atoms with van der Waals surface area (Å²) >= 11 is 12.1. The zero-order valence-electron chi connectivity index (χ0n) is 20.2. The Hall–Kier alpha value is -2.70. The number of fused-ring (bicyclic) bond motifs is 2. The summed E-state index contributed by atoms with van der Waals surface area (Å²) in [6.45, 7) is 6.94. The molecular weight excluding hydrogens is 487 g/mol. The molecule has 11 nitrogen and oxygen atoms in total. The molecule has 0 radical (unpaired) electrons. The van der Waals surface area contributed by atoms with Crippen LogP contribution in [0.25, 0.3) is 22.2 Å². The zero-order chi connectivity index (χ0) is 25.6. The highest BCUT2D eigenvalue weighted by Crippen LogP contribution is 2.31. The molecular formula is C21H28Cl2N6O5. The van der Waals surface area contributed by atoms with Crippen molar-refractivity contribution in [3.05, 3.63) is 32.6 Å². The van der Waals surface area contributed by atoms with E-state index in [9.17, 15) is 0 Å². The fourth-order valence-corrected chi connectivity index (χ4v) is 3.32. The maximum Gasteiger partial charge on any atom is 0.270 e. The molecule has 13 heteroatoms. The molecule has 0 aliphatic heterocycles. The summed E-state index contributed by atoms with van der Waals surface area (Å²) in [5, 5.41) is 13.2. The van der Waals surface area contributed by atoms with Crippen LogP contribution in [0.15, 0.2) is 9.05 Å². The molecule has 3 N–H and O–H groups in total. The third kappa shape index (κ3) is 5.86. The Kier molecular flexibility index (Phi) is 9.83. The largest absolute Gasteiger partial charge is 0.380 e. The molecule has 0 aliphatic carbocycles. The topological polar surface area (TPSA) is 144 Å². The number of hydrogen-bond acceptors (Lipinski definition) is 11. The van der Waals surface area contributed by atoms with Crippen molar-refractivity contribution in [2.75, 3.05) is 39.4 Å². The van der Waals surface area contributed by atoms with Crippen molar-refractivity contribution >= 4 is 57.0 Å². The monoisotopic (exact) mass is 514 g/mol. The van der Waals surface area contributed by atoms with Crippen molar-refractivity contribution in [2.24, 2.45) is 0 Å². The van der Waals surface area contributed by atoms with Crippen molar-refractivity contribution in [3.63, 3.8) is 0 Å². The Labute approximate surface area is 206 Å². The molecule has 0 aromatic carbocycles. The van der Waals surface area contributed by atoms with Crippen LogP contribution in [-0.2, 0) is 14.2 Å². The number of nitrogens with two attached hydrogens (primary N) is 1. The summed E-state index contributed by atoms with van der Waals surface area (Å²) in [5.74, 6) is 1.01. The summed E-state index contributed by atoms with van der Waals surface area (Å²) < 4.78 is 23.8. The van der Waals surface area contributed by atoms with Crippen molar-refractivity contribution in [2.45, 2.75) is 34.2 Å². The first kappa shape index (κ1) is 27.5. The molecule has 0 saturated carbocycles. The third-order valence-electron chi connectivity index (χ3n) is 4.77. The predicted octanol–water partition coefficient (Wildman–Crippen LogP) is 4.82. The van der Waals surface area contributed by atoms with E-state index in [-0.39, 0.29) is 0 Å². The summed E-state index contributed by atoms with van der Waals surface area (Å²) in [5.41, 5.74) is 9.85. The van der Waals surface area contributed by atoms with Crippen LogP contribution in [0, 0.1) is 27.7 Å². The number of pyridine rings is 2. The highest BCUT2D eigenvalue weighted by atomic mass is 35.5. The van der Waals surface area contributed by atoms with Crippen LogP contribution < -0.4 is 11.1 Å². The average molecular weight is 515 g/mol. The van der Waals surface area contributed by atoms with E-state index in [0.717, 1.165) is 27.9 Å². The van der Waals surface area contributed by atoms with E-state index >= 15 is 0 Å². The van der Waals surface area contributed by atoms with Crippen LogP contribution in [-0.4, -0.2) is 55.1 Å².